The van der Waals surface area contributed by atoms with E-state index in [-0.39, 0.29) is 5.91 Å². The van der Waals surface area contributed by atoms with Crippen LogP contribution in [0, 0.1) is 5.92 Å². The monoisotopic (exact) mass is 486 g/mol. The lowest BCUT2D eigenvalue weighted by atomic mass is 9.99. The summed E-state index contributed by atoms with van der Waals surface area (Å²) in [4.78, 5) is 15.4. The van der Waals surface area contributed by atoms with E-state index in [0.717, 1.165) is 39.9 Å². The summed E-state index contributed by atoms with van der Waals surface area (Å²) >= 11 is 10.1. The second kappa shape index (κ2) is 8.86. The third kappa shape index (κ3) is 4.14. The van der Waals surface area contributed by atoms with Crippen LogP contribution in [-0.2, 0) is 0 Å². The van der Waals surface area contributed by atoms with Crippen molar-refractivity contribution in [1.82, 2.24) is 0 Å². The normalized spacial score (nSPS) is 14.7. The number of hydrogen-bond acceptors (Lipinski definition) is 3. The number of halogens is 2. The Morgan fingerprint density at radius 1 is 1.17 bits per heavy atom. The maximum atomic E-state index is 13.1. The van der Waals surface area contributed by atoms with Crippen molar-refractivity contribution in [2.45, 2.75) is 19.8 Å². The molecule has 6 heteroatoms. The van der Waals surface area contributed by atoms with Crippen molar-refractivity contribution in [3.8, 4) is 5.75 Å². The van der Waals surface area contributed by atoms with Crippen LogP contribution >= 0.6 is 27.5 Å². The number of benzene rings is 3. The zero-order valence-electron chi connectivity index (χ0n) is 17.0. The second-order valence-corrected chi connectivity index (χ2v) is 8.98. The number of fused-ring (bicyclic) bond motifs is 1. The zero-order valence-corrected chi connectivity index (χ0v) is 19.4. The molecule has 1 fully saturated rings. The molecule has 30 heavy (non-hydrogen) atoms. The summed E-state index contributed by atoms with van der Waals surface area (Å²) in [6.07, 6.45) is 2.34. The molecule has 1 saturated heterocycles. The van der Waals surface area contributed by atoms with Crippen LogP contribution in [0.25, 0.3) is 10.8 Å². The Balaban J connectivity index is 1.59. The molecule has 0 bridgehead atoms. The highest BCUT2D eigenvalue weighted by atomic mass is 79.9. The van der Waals surface area contributed by atoms with Crippen molar-refractivity contribution in [3.63, 3.8) is 0 Å². The smallest absolute Gasteiger partial charge is 0.259 e. The molecule has 156 valence electrons. The van der Waals surface area contributed by atoms with Gasteiger partial charge in [0, 0.05) is 18.8 Å². The Morgan fingerprint density at radius 2 is 1.90 bits per heavy atom. The van der Waals surface area contributed by atoms with Gasteiger partial charge in [0.15, 0.2) is 0 Å². The van der Waals surface area contributed by atoms with Crippen LogP contribution in [0.4, 0.5) is 11.4 Å². The molecule has 0 spiro atoms. The minimum Gasteiger partial charge on any atom is -0.495 e. The lowest BCUT2D eigenvalue weighted by Gasteiger charge is -2.32. The van der Waals surface area contributed by atoms with Crippen LogP contribution in [0.5, 0.6) is 5.75 Å². The standard InChI is InChI=1S/C24H24BrClN2O2/c1-15-9-11-28(12-10-15)21-8-7-17(14-20(21)26)27-24(29)19-13-16-5-3-4-6-18(16)22(25)23(19)30-2/h3-8,13-15H,9-12H2,1-2H3,(H,27,29). The molecular formula is C24H24BrClN2O2. The number of methoxy groups -OCH3 is 1. The average molecular weight is 488 g/mol. The fraction of sp³-hybridized carbons (Fsp3) is 0.292. The molecule has 1 heterocycles. The molecule has 0 unspecified atom stereocenters. The zero-order chi connectivity index (χ0) is 21.3. The first-order chi connectivity index (χ1) is 14.5. The molecule has 1 aliphatic rings. The lowest BCUT2D eigenvalue weighted by molar-refractivity contribution is 0.102. The largest absolute Gasteiger partial charge is 0.495 e. The predicted molar refractivity (Wildman–Crippen MR) is 128 cm³/mol. The van der Waals surface area contributed by atoms with Gasteiger partial charge >= 0.3 is 0 Å². The van der Waals surface area contributed by atoms with Gasteiger partial charge in [-0.1, -0.05) is 42.8 Å². The van der Waals surface area contributed by atoms with Gasteiger partial charge in [-0.15, -0.1) is 0 Å². The minimum absolute atomic E-state index is 0.242. The molecule has 3 aromatic rings. The fourth-order valence-electron chi connectivity index (χ4n) is 3.94. The summed E-state index contributed by atoms with van der Waals surface area (Å²) in [5.74, 6) is 1.03. The van der Waals surface area contributed by atoms with Gasteiger partial charge in [0.2, 0.25) is 0 Å². The van der Waals surface area contributed by atoms with Crippen LogP contribution in [-0.4, -0.2) is 26.1 Å². The molecule has 0 aromatic heterocycles. The summed E-state index contributed by atoms with van der Waals surface area (Å²) in [6, 6.07) is 15.4. The molecule has 0 radical (unpaired) electrons. The number of amides is 1. The third-order valence-corrected chi connectivity index (χ3v) is 6.81. The van der Waals surface area contributed by atoms with E-state index < -0.39 is 0 Å². The van der Waals surface area contributed by atoms with Crippen molar-refractivity contribution in [3.05, 3.63) is 63.6 Å². The lowest BCUT2D eigenvalue weighted by Crippen LogP contribution is -2.32. The van der Waals surface area contributed by atoms with E-state index in [1.165, 1.54) is 12.8 Å². The Hall–Kier alpha value is -2.24. The van der Waals surface area contributed by atoms with Crippen molar-refractivity contribution < 1.29 is 9.53 Å². The topological polar surface area (TPSA) is 41.6 Å². The number of carbonyl (C=O) groups excluding carboxylic acids is 1. The molecule has 1 amide bonds. The molecule has 1 aliphatic heterocycles. The Labute approximate surface area is 190 Å². The first-order valence-corrected chi connectivity index (χ1v) is 11.3. The highest BCUT2D eigenvalue weighted by Gasteiger charge is 2.20. The number of nitrogens with zero attached hydrogens (tertiary/aromatic N) is 1. The number of rotatable bonds is 4. The average Bonchev–Trinajstić information content (AvgIpc) is 2.74. The van der Waals surface area contributed by atoms with Crippen LogP contribution in [0.3, 0.4) is 0 Å². The first kappa shape index (κ1) is 21.0. The van der Waals surface area contributed by atoms with Crippen molar-refractivity contribution >= 4 is 55.6 Å². The van der Waals surface area contributed by atoms with E-state index in [0.29, 0.717) is 22.0 Å². The molecule has 4 nitrogen and oxygen atoms in total. The number of piperidine rings is 1. The van der Waals surface area contributed by atoms with Gasteiger partial charge in [-0.05, 0) is 69.7 Å². The van der Waals surface area contributed by atoms with Crippen LogP contribution in [0.2, 0.25) is 5.02 Å². The van der Waals surface area contributed by atoms with Gasteiger partial charge in [-0.2, -0.15) is 0 Å². The highest BCUT2D eigenvalue weighted by Crippen LogP contribution is 2.37. The van der Waals surface area contributed by atoms with Crippen molar-refractivity contribution in [1.29, 1.82) is 0 Å². The number of anilines is 2. The van der Waals surface area contributed by atoms with Gasteiger partial charge in [0.05, 0.1) is 27.9 Å². The predicted octanol–water partition coefficient (Wildman–Crippen LogP) is 6.75. The molecule has 0 atom stereocenters. The molecule has 4 rings (SSSR count). The van der Waals surface area contributed by atoms with Gasteiger partial charge in [0.1, 0.15) is 5.75 Å². The summed E-state index contributed by atoms with van der Waals surface area (Å²) in [5, 5.41) is 5.56. The maximum absolute atomic E-state index is 13.1. The number of ether oxygens (including phenoxy) is 1. The first-order valence-electron chi connectivity index (χ1n) is 10.1. The molecular weight excluding hydrogens is 464 g/mol. The summed E-state index contributed by atoms with van der Waals surface area (Å²) in [7, 11) is 1.57. The van der Waals surface area contributed by atoms with Crippen molar-refractivity contribution in [2.75, 3.05) is 30.4 Å². The fourth-order valence-corrected chi connectivity index (χ4v) is 4.98. The van der Waals surface area contributed by atoms with Crippen LogP contribution in [0.1, 0.15) is 30.1 Å². The van der Waals surface area contributed by atoms with E-state index in [1.54, 1.807) is 7.11 Å². The Bertz CT molecular complexity index is 1090. The van der Waals surface area contributed by atoms with Gasteiger partial charge < -0.3 is 15.0 Å². The summed E-state index contributed by atoms with van der Waals surface area (Å²) < 4.78 is 6.30. The number of carbonyl (C=O) groups is 1. The highest BCUT2D eigenvalue weighted by molar-refractivity contribution is 9.10. The van der Waals surface area contributed by atoms with E-state index in [1.807, 2.05) is 48.5 Å². The van der Waals surface area contributed by atoms with Gasteiger partial charge in [-0.25, -0.2) is 0 Å². The summed E-state index contributed by atoms with van der Waals surface area (Å²) in [5.41, 5.74) is 2.14. The Morgan fingerprint density at radius 3 is 2.60 bits per heavy atom. The van der Waals surface area contributed by atoms with Crippen LogP contribution < -0.4 is 15.0 Å². The molecule has 0 saturated carbocycles. The molecule has 1 N–H and O–H groups in total. The van der Waals surface area contributed by atoms with E-state index in [2.05, 4.69) is 33.1 Å². The Kier molecular flexibility index (Phi) is 6.21. The van der Waals surface area contributed by atoms with Gasteiger partial charge in [0.25, 0.3) is 5.91 Å². The van der Waals surface area contributed by atoms with E-state index in [4.69, 9.17) is 16.3 Å². The van der Waals surface area contributed by atoms with E-state index in [9.17, 15) is 4.79 Å². The number of hydrogen-bond donors (Lipinski definition) is 1. The molecule has 0 aliphatic carbocycles. The third-order valence-electron chi connectivity index (χ3n) is 5.72. The second-order valence-electron chi connectivity index (χ2n) is 7.78. The maximum Gasteiger partial charge on any atom is 0.259 e. The number of nitrogens with one attached hydrogen (secondary N) is 1. The quantitative estimate of drug-likeness (QED) is 0.442. The molecule has 3 aromatic carbocycles. The SMILES string of the molecule is COc1c(C(=O)Nc2ccc(N3CCC(C)CC3)c(Cl)c2)cc2ccccc2c1Br. The van der Waals surface area contributed by atoms with Gasteiger partial charge in [-0.3, -0.25) is 4.79 Å². The van der Waals surface area contributed by atoms with Crippen molar-refractivity contribution in [2.24, 2.45) is 5.92 Å². The summed E-state index contributed by atoms with van der Waals surface area (Å²) in [6.45, 7) is 4.31. The van der Waals surface area contributed by atoms with E-state index >= 15 is 0 Å². The minimum atomic E-state index is -0.242. The van der Waals surface area contributed by atoms with Crippen LogP contribution in [0.15, 0.2) is 53.0 Å².